The average molecular weight is 161 g/mol. The first-order chi connectivity index (χ1) is 5.79. The zero-order valence-corrected chi connectivity index (χ0v) is 7.00. The van der Waals surface area contributed by atoms with Crippen molar-refractivity contribution in [3.8, 4) is 0 Å². The molecule has 2 aromatic rings. The molecule has 0 amide bonds. The van der Waals surface area contributed by atoms with E-state index in [0.717, 1.165) is 16.7 Å². The van der Waals surface area contributed by atoms with Crippen LogP contribution in [-0.4, -0.2) is 0 Å². The number of nitrogens with two attached hydrogens (primary N) is 1. The van der Waals surface area contributed by atoms with E-state index in [0.29, 0.717) is 6.54 Å². The lowest BCUT2D eigenvalue weighted by Crippen LogP contribution is -1.92. The molecule has 2 rings (SSSR count). The molecule has 0 aliphatic rings. The highest BCUT2D eigenvalue weighted by Gasteiger charge is 2.00. The van der Waals surface area contributed by atoms with Crippen LogP contribution < -0.4 is 5.73 Å². The highest BCUT2D eigenvalue weighted by molar-refractivity contribution is 5.78. The van der Waals surface area contributed by atoms with Crippen LogP contribution in [0.3, 0.4) is 0 Å². The zero-order valence-electron chi connectivity index (χ0n) is 7.00. The van der Waals surface area contributed by atoms with E-state index in [-0.39, 0.29) is 0 Å². The van der Waals surface area contributed by atoms with Gasteiger partial charge >= 0.3 is 0 Å². The second-order valence-corrected chi connectivity index (χ2v) is 2.96. The Bertz CT molecular complexity index is 403. The molecule has 0 aliphatic carbocycles. The van der Waals surface area contributed by atoms with Crippen LogP contribution in [0.5, 0.6) is 0 Å². The number of fused-ring (bicyclic) bond motifs is 1. The van der Waals surface area contributed by atoms with Gasteiger partial charge < -0.3 is 10.2 Å². The van der Waals surface area contributed by atoms with Crippen LogP contribution in [0.25, 0.3) is 11.0 Å². The van der Waals surface area contributed by atoms with Gasteiger partial charge in [-0.3, -0.25) is 0 Å². The van der Waals surface area contributed by atoms with Gasteiger partial charge in [-0.1, -0.05) is 12.1 Å². The predicted molar refractivity (Wildman–Crippen MR) is 48.8 cm³/mol. The summed E-state index contributed by atoms with van der Waals surface area (Å²) in [4.78, 5) is 0. The molecule has 2 N–H and O–H groups in total. The third-order valence-electron chi connectivity index (χ3n) is 1.93. The summed E-state index contributed by atoms with van der Waals surface area (Å²) in [6.45, 7) is 2.51. The average Bonchev–Trinajstić information content (AvgIpc) is 2.46. The number of aryl methyl sites for hydroxylation is 1. The highest BCUT2D eigenvalue weighted by atomic mass is 16.3. The molecule has 0 radical (unpaired) electrons. The van der Waals surface area contributed by atoms with Gasteiger partial charge in [-0.25, -0.2) is 0 Å². The van der Waals surface area contributed by atoms with Gasteiger partial charge in [0.05, 0.1) is 6.54 Å². The maximum absolute atomic E-state index is 5.47. The van der Waals surface area contributed by atoms with Crippen LogP contribution in [0, 0.1) is 6.92 Å². The summed E-state index contributed by atoms with van der Waals surface area (Å²) in [5, 5.41) is 1.13. The van der Waals surface area contributed by atoms with E-state index in [4.69, 9.17) is 10.2 Å². The van der Waals surface area contributed by atoms with E-state index in [9.17, 15) is 0 Å². The Kier molecular flexibility index (Phi) is 1.62. The van der Waals surface area contributed by atoms with E-state index in [1.54, 1.807) is 0 Å². The highest BCUT2D eigenvalue weighted by Crippen LogP contribution is 2.19. The van der Waals surface area contributed by atoms with Crippen molar-refractivity contribution in [2.45, 2.75) is 13.5 Å². The Morgan fingerprint density at radius 3 is 2.92 bits per heavy atom. The first-order valence-corrected chi connectivity index (χ1v) is 3.99. The molecule has 1 heterocycles. The van der Waals surface area contributed by atoms with Crippen LogP contribution in [-0.2, 0) is 6.54 Å². The number of hydrogen-bond donors (Lipinski definition) is 1. The molecule has 0 aliphatic heterocycles. The standard InChI is InChI=1S/C10H11NO/c1-7-2-3-8-5-9(6-11)12-10(8)4-7/h2-5H,6,11H2,1H3. The Labute approximate surface area is 71.0 Å². The number of hydrogen-bond acceptors (Lipinski definition) is 2. The molecule has 0 spiro atoms. The van der Waals surface area contributed by atoms with Crippen molar-refractivity contribution in [3.05, 3.63) is 35.6 Å². The molecule has 0 saturated carbocycles. The molecular formula is C10H11NO. The summed E-state index contributed by atoms with van der Waals surface area (Å²) < 4.78 is 5.47. The number of benzene rings is 1. The quantitative estimate of drug-likeness (QED) is 0.696. The monoisotopic (exact) mass is 161 g/mol. The van der Waals surface area contributed by atoms with Crippen LogP contribution >= 0.6 is 0 Å². The summed E-state index contributed by atoms with van der Waals surface area (Å²) in [5.41, 5.74) is 7.59. The third-order valence-corrected chi connectivity index (χ3v) is 1.93. The fraction of sp³-hybridized carbons (Fsp3) is 0.200. The maximum atomic E-state index is 5.47. The van der Waals surface area contributed by atoms with Crippen molar-refractivity contribution in [2.75, 3.05) is 0 Å². The smallest absolute Gasteiger partial charge is 0.134 e. The molecule has 2 nitrogen and oxygen atoms in total. The van der Waals surface area contributed by atoms with Crippen molar-refractivity contribution >= 4 is 11.0 Å². The molecule has 2 heteroatoms. The van der Waals surface area contributed by atoms with E-state index in [2.05, 4.69) is 6.07 Å². The number of rotatable bonds is 1. The molecule has 1 aromatic carbocycles. The van der Waals surface area contributed by atoms with Gasteiger partial charge in [0, 0.05) is 5.39 Å². The first kappa shape index (κ1) is 7.37. The molecule has 62 valence electrons. The summed E-state index contributed by atoms with van der Waals surface area (Å²) in [5.74, 6) is 0.843. The van der Waals surface area contributed by atoms with E-state index >= 15 is 0 Å². The molecule has 0 saturated heterocycles. The fourth-order valence-electron chi connectivity index (χ4n) is 1.29. The minimum atomic E-state index is 0.466. The van der Waals surface area contributed by atoms with Gasteiger partial charge in [0.15, 0.2) is 0 Å². The van der Waals surface area contributed by atoms with Gasteiger partial charge in [0.25, 0.3) is 0 Å². The van der Waals surface area contributed by atoms with Gasteiger partial charge in [-0.2, -0.15) is 0 Å². The number of furan rings is 1. The lowest BCUT2D eigenvalue weighted by atomic mass is 10.2. The zero-order chi connectivity index (χ0) is 8.55. The summed E-state index contributed by atoms with van der Waals surface area (Å²) >= 11 is 0. The Morgan fingerprint density at radius 1 is 1.33 bits per heavy atom. The molecule has 0 unspecified atom stereocenters. The Morgan fingerprint density at radius 2 is 2.17 bits per heavy atom. The van der Waals surface area contributed by atoms with Crippen molar-refractivity contribution in [2.24, 2.45) is 5.73 Å². The lowest BCUT2D eigenvalue weighted by molar-refractivity contribution is 0.552. The maximum Gasteiger partial charge on any atom is 0.134 e. The minimum Gasteiger partial charge on any atom is -0.460 e. The second-order valence-electron chi connectivity index (χ2n) is 2.96. The van der Waals surface area contributed by atoms with E-state index in [1.165, 1.54) is 5.56 Å². The van der Waals surface area contributed by atoms with E-state index in [1.807, 2.05) is 25.1 Å². The predicted octanol–water partition coefficient (Wildman–Crippen LogP) is 2.20. The van der Waals surface area contributed by atoms with Gasteiger partial charge in [-0.15, -0.1) is 0 Å². The summed E-state index contributed by atoms with van der Waals surface area (Å²) in [7, 11) is 0. The minimum absolute atomic E-state index is 0.466. The first-order valence-electron chi connectivity index (χ1n) is 3.99. The molecule has 0 atom stereocenters. The van der Waals surface area contributed by atoms with Crippen molar-refractivity contribution in [1.82, 2.24) is 0 Å². The van der Waals surface area contributed by atoms with Crippen LogP contribution in [0.4, 0.5) is 0 Å². The molecule has 0 fully saturated rings. The Balaban J connectivity index is 2.67. The molecule has 12 heavy (non-hydrogen) atoms. The fourth-order valence-corrected chi connectivity index (χ4v) is 1.29. The largest absolute Gasteiger partial charge is 0.460 e. The normalized spacial score (nSPS) is 10.8. The summed E-state index contributed by atoms with van der Waals surface area (Å²) in [6, 6.07) is 8.12. The summed E-state index contributed by atoms with van der Waals surface area (Å²) in [6.07, 6.45) is 0. The lowest BCUT2D eigenvalue weighted by Gasteiger charge is -1.89. The molecular weight excluding hydrogens is 150 g/mol. The van der Waals surface area contributed by atoms with Gasteiger partial charge in [0.2, 0.25) is 0 Å². The Hall–Kier alpha value is -1.28. The van der Waals surface area contributed by atoms with Crippen molar-refractivity contribution < 1.29 is 4.42 Å². The SMILES string of the molecule is Cc1ccc2cc(CN)oc2c1. The van der Waals surface area contributed by atoms with Crippen molar-refractivity contribution in [1.29, 1.82) is 0 Å². The van der Waals surface area contributed by atoms with Crippen LogP contribution in [0.15, 0.2) is 28.7 Å². The van der Waals surface area contributed by atoms with Crippen molar-refractivity contribution in [3.63, 3.8) is 0 Å². The van der Waals surface area contributed by atoms with Crippen LogP contribution in [0.2, 0.25) is 0 Å². The molecule has 0 bridgehead atoms. The topological polar surface area (TPSA) is 39.2 Å². The van der Waals surface area contributed by atoms with E-state index < -0.39 is 0 Å². The van der Waals surface area contributed by atoms with Gasteiger partial charge in [-0.05, 0) is 24.6 Å². The molecule has 1 aromatic heterocycles. The van der Waals surface area contributed by atoms with Crippen LogP contribution in [0.1, 0.15) is 11.3 Å². The van der Waals surface area contributed by atoms with Gasteiger partial charge in [0.1, 0.15) is 11.3 Å². The third kappa shape index (κ3) is 1.10. The second kappa shape index (κ2) is 2.64.